The Kier molecular flexibility index (Phi) is 5.21. The van der Waals surface area contributed by atoms with Crippen LogP contribution in [0, 0.1) is 18.3 Å². The number of nitrogens with one attached hydrogen (secondary N) is 1. The van der Waals surface area contributed by atoms with Crippen LogP contribution in [0.1, 0.15) is 21.6 Å². The Labute approximate surface area is 134 Å². The number of hydrogen-bond acceptors (Lipinski definition) is 3. The summed E-state index contributed by atoms with van der Waals surface area (Å²) in [6, 6.07) is 9.11. The monoisotopic (exact) mass is 317 g/mol. The molecule has 2 aromatic rings. The van der Waals surface area contributed by atoms with E-state index < -0.39 is 0 Å². The average molecular weight is 318 g/mol. The van der Waals surface area contributed by atoms with Gasteiger partial charge in [-0.3, -0.25) is 4.79 Å². The second-order valence-corrected chi connectivity index (χ2v) is 5.10. The molecule has 0 radical (unpaired) electrons. The summed E-state index contributed by atoms with van der Waals surface area (Å²) < 4.78 is 6.59. The molecule has 0 saturated heterocycles. The second kappa shape index (κ2) is 7.12. The topological polar surface area (TPSA) is 67.0 Å². The third-order valence-corrected chi connectivity index (χ3v) is 3.72. The Morgan fingerprint density at radius 1 is 1.45 bits per heavy atom. The molecule has 1 aromatic carbocycles. The van der Waals surface area contributed by atoms with Gasteiger partial charge < -0.3 is 14.6 Å². The van der Waals surface area contributed by atoms with Crippen LogP contribution >= 0.6 is 11.6 Å². The van der Waals surface area contributed by atoms with Crippen molar-refractivity contribution in [2.24, 2.45) is 0 Å². The predicted octanol–water partition coefficient (Wildman–Crippen LogP) is 2.69. The summed E-state index contributed by atoms with van der Waals surface area (Å²) in [6.07, 6.45) is 1.70. The molecule has 114 valence electrons. The summed E-state index contributed by atoms with van der Waals surface area (Å²) in [5.74, 6) is -0.321. The van der Waals surface area contributed by atoms with E-state index in [9.17, 15) is 10.1 Å². The van der Waals surface area contributed by atoms with Gasteiger partial charge in [0.25, 0.3) is 5.91 Å². The fourth-order valence-electron chi connectivity index (χ4n) is 2.16. The van der Waals surface area contributed by atoms with Gasteiger partial charge in [0.15, 0.2) is 0 Å². The first-order valence-electron chi connectivity index (χ1n) is 6.74. The summed E-state index contributed by atoms with van der Waals surface area (Å²) in [6.45, 7) is 2.65. The minimum atomic E-state index is -0.321. The summed E-state index contributed by atoms with van der Waals surface area (Å²) in [5, 5.41) is 12.6. The van der Waals surface area contributed by atoms with E-state index in [4.69, 9.17) is 16.3 Å². The summed E-state index contributed by atoms with van der Waals surface area (Å²) in [4.78, 5) is 12.4. The van der Waals surface area contributed by atoms with Gasteiger partial charge in [0, 0.05) is 24.9 Å². The highest BCUT2D eigenvalue weighted by atomic mass is 35.5. The lowest BCUT2D eigenvalue weighted by Gasteiger charge is -2.13. The Balaban J connectivity index is 2.46. The van der Waals surface area contributed by atoms with Crippen molar-refractivity contribution in [3.8, 4) is 11.8 Å². The molecule has 0 fully saturated rings. The van der Waals surface area contributed by atoms with E-state index in [-0.39, 0.29) is 5.91 Å². The maximum absolute atomic E-state index is 12.4. The minimum absolute atomic E-state index is 0.295. The van der Waals surface area contributed by atoms with Gasteiger partial charge in [-0.1, -0.05) is 17.7 Å². The third-order valence-electron chi connectivity index (χ3n) is 3.31. The molecule has 22 heavy (non-hydrogen) atoms. The molecule has 0 aliphatic rings. The van der Waals surface area contributed by atoms with Crippen molar-refractivity contribution in [2.45, 2.75) is 6.92 Å². The van der Waals surface area contributed by atoms with E-state index in [1.807, 2.05) is 25.1 Å². The van der Waals surface area contributed by atoms with Crippen LogP contribution in [0.3, 0.4) is 0 Å². The van der Waals surface area contributed by atoms with Gasteiger partial charge in [-0.05, 0) is 30.7 Å². The lowest BCUT2D eigenvalue weighted by atomic mass is 10.2. The number of rotatable bonds is 5. The number of halogens is 1. The van der Waals surface area contributed by atoms with E-state index in [1.54, 1.807) is 30.0 Å². The number of ether oxygens (including phenoxy) is 1. The number of methoxy groups -OCH3 is 1. The third kappa shape index (κ3) is 3.14. The maximum atomic E-state index is 12.4. The Bertz CT molecular complexity index is 731. The van der Waals surface area contributed by atoms with E-state index in [1.165, 1.54) is 0 Å². The fourth-order valence-corrected chi connectivity index (χ4v) is 2.33. The fraction of sp³-hybridized carbons (Fsp3) is 0.250. The Hall–Kier alpha value is -2.29. The number of nitrogens with zero attached hydrogens (tertiary/aromatic N) is 2. The first kappa shape index (κ1) is 16.1. The minimum Gasteiger partial charge on any atom is -0.383 e. The van der Waals surface area contributed by atoms with E-state index in [2.05, 4.69) is 5.32 Å². The first-order valence-corrected chi connectivity index (χ1v) is 7.12. The summed E-state index contributed by atoms with van der Waals surface area (Å²) in [7, 11) is 1.56. The van der Waals surface area contributed by atoms with Crippen molar-refractivity contribution in [3.63, 3.8) is 0 Å². The van der Waals surface area contributed by atoms with Crippen molar-refractivity contribution in [3.05, 3.63) is 52.3 Å². The molecular formula is C16H16ClN3O2. The van der Waals surface area contributed by atoms with Crippen molar-refractivity contribution in [1.82, 2.24) is 9.88 Å². The zero-order valence-electron chi connectivity index (χ0n) is 12.4. The quantitative estimate of drug-likeness (QED) is 0.862. The zero-order chi connectivity index (χ0) is 16.1. The van der Waals surface area contributed by atoms with Gasteiger partial charge in [-0.25, -0.2) is 0 Å². The number of amides is 1. The highest BCUT2D eigenvalue weighted by Gasteiger charge is 2.19. The molecule has 1 aromatic heterocycles. The summed E-state index contributed by atoms with van der Waals surface area (Å²) in [5.41, 5.74) is 2.22. The van der Waals surface area contributed by atoms with Crippen molar-refractivity contribution in [2.75, 3.05) is 20.3 Å². The van der Waals surface area contributed by atoms with Crippen molar-refractivity contribution < 1.29 is 9.53 Å². The molecule has 0 aliphatic carbocycles. The Morgan fingerprint density at radius 2 is 2.23 bits per heavy atom. The lowest BCUT2D eigenvalue weighted by Crippen LogP contribution is -2.29. The molecule has 5 nitrogen and oxygen atoms in total. The highest BCUT2D eigenvalue weighted by molar-refractivity contribution is 6.31. The number of carbonyl (C=O) groups excluding carboxylic acids is 1. The molecule has 1 N–H and O–H groups in total. The molecule has 0 unspecified atom stereocenters. The van der Waals surface area contributed by atoms with Crippen LogP contribution in [0.4, 0.5) is 0 Å². The van der Waals surface area contributed by atoms with Crippen LogP contribution in [0.25, 0.3) is 5.69 Å². The van der Waals surface area contributed by atoms with Gasteiger partial charge in [0.1, 0.15) is 11.8 Å². The van der Waals surface area contributed by atoms with Gasteiger partial charge in [-0.15, -0.1) is 0 Å². The van der Waals surface area contributed by atoms with Crippen LogP contribution in [0.5, 0.6) is 0 Å². The summed E-state index contributed by atoms with van der Waals surface area (Å²) >= 11 is 6.14. The number of carbonyl (C=O) groups is 1. The molecule has 1 heterocycles. The maximum Gasteiger partial charge on any atom is 0.269 e. The van der Waals surface area contributed by atoms with Gasteiger partial charge in [0.2, 0.25) is 0 Å². The van der Waals surface area contributed by atoms with E-state index >= 15 is 0 Å². The average Bonchev–Trinajstić information content (AvgIpc) is 2.94. The number of benzene rings is 1. The molecule has 1 amide bonds. The van der Waals surface area contributed by atoms with Crippen LogP contribution < -0.4 is 5.32 Å². The normalized spacial score (nSPS) is 10.3. The molecule has 2 rings (SSSR count). The zero-order valence-corrected chi connectivity index (χ0v) is 13.1. The number of aromatic nitrogens is 1. The van der Waals surface area contributed by atoms with Crippen molar-refractivity contribution >= 4 is 17.5 Å². The molecule has 0 bridgehead atoms. The van der Waals surface area contributed by atoms with E-state index in [0.717, 1.165) is 11.3 Å². The molecule has 0 saturated carbocycles. The second-order valence-electron chi connectivity index (χ2n) is 4.69. The Morgan fingerprint density at radius 3 is 2.91 bits per heavy atom. The molecule has 0 aliphatic heterocycles. The van der Waals surface area contributed by atoms with Gasteiger partial charge >= 0.3 is 0 Å². The molecule has 0 atom stereocenters. The van der Waals surface area contributed by atoms with Crippen LogP contribution in [0.15, 0.2) is 30.5 Å². The predicted molar refractivity (Wildman–Crippen MR) is 84.4 cm³/mol. The largest absolute Gasteiger partial charge is 0.383 e. The number of hydrogen-bond donors (Lipinski definition) is 1. The van der Waals surface area contributed by atoms with Crippen molar-refractivity contribution in [1.29, 1.82) is 5.26 Å². The molecular weight excluding hydrogens is 302 g/mol. The van der Waals surface area contributed by atoms with Crippen LogP contribution in [0.2, 0.25) is 5.02 Å². The van der Waals surface area contributed by atoms with Crippen LogP contribution in [-0.2, 0) is 4.74 Å². The van der Waals surface area contributed by atoms with Gasteiger partial charge in [0.05, 0.1) is 17.9 Å². The molecule has 6 heteroatoms. The standard InChI is InChI=1S/C16H16ClN3O2/c1-11-13(17)4-3-5-14(11)20-8-6-12(10-18)15(20)16(21)19-7-9-22-2/h3-6,8H,7,9H2,1-2H3,(H,19,21). The molecule has 0 spiro atoms. The number of nitriles is 1. The lowest BCUT2D eigenvalue weighted by molar-refractivity contribution is 0.0930. The SMILES string of the molecule is COCCNC(=O)c1c(C#N)ccn1-c1cccc(Cl)c1C. The van der Waals surface area contributed by atoms with Crippen LogP contribution in [-0.4, -0.2) is 30.7 Å². The first-order chi connectivity index (χ1) is 10.6. The van der Waals surface area contributed by atoms with E-state index in [0.29, 0.717) is 29.4 Å². The highest BCUT2D eigenvalue weighted by Crippen LogP contribution is 2.25. The van der Waals surface area contributed by atoms with Gasteiger partial charge in [-0.2, -0.15) is 5.26 Å². The smallest absolute Gasteiger partial charge is 0.269 e.